The monoisotopic (exact) mass is 358 g/mol. The normalized spacial score (nSPS) is 25.9. The Bertz CT molecular complexity index is 377. The number of nitrogens with two attached hydrogens (primary N) is 1. The van der Waals surface area contributed by atoms with Gasteiger partial charge in [-0.25, -0.2) is 6.29 Å². The van der Waals surface area contributed by atoms with Crippen molar-refractivity contribution in [3.63, 3.8) is 0 Å². The van der Waals surface area contributed by atoms with E-state index in [9.17, 15) is 19.2 Å². The Morgan fingerprint density at radius 1 is 1.15 bits per heavy atom. The number of carbonyl (C=O) groups excluding carboxylic acids is 4. The number of carbonyl (C=O) groups is 3. The standard InChI is InChI=1S/C11H17N4O4.Y/c12-8-1-2-13-10(18)3-11(19)15-4-7(6-16)14-5-9(8)17;/h7-8,14H,1-5,12H2,(H,13,18)(H,15,19);/q-1;. The molecule has 2 unspecified atom stereocenters. The van der Waals surface area contributed by atoms with Crippen molar-refractivity contribution in [3.8, 4) is 0 Å². The predicted molar refractivity (Wildman–Crippen MR) is 65.7 cm³/mol. The van der Waals surface area contributed by atoms with Crippen molar-refractivity contribution < 1.29 is 51.9 Å². The van der Waals surface area contributed by atoms with E-state index in [4.69, 9.17) is 5.73 Å². The number of ketones is 1. The molecule has 9 heteroatoms. The summed E-state index contributed by atoms with van der Waals surface area (Å²) in [5.74, 6) is -1.20. The molecule has 1 rings (SSSR count). The van der Waals surface area contributed by atoms with Crippen LogP contribution >= 0.6 is 0 Å². The second-order valence-corrected chi connectivity index (χ2v) is 4.24. The number of nitrogens with one attached hydrogen (secondary N) is 3. The molecule has 1 fully saturated rings. The zero-order valence-corrected chi connectivity index (χ0v) is 13.8. The van der Waals surface area contributed by atoms with E-state index in [1.54, 1.807) is 6.29 Å². The van der Waals surface area contributed by atoms with Gasteiger partial charge >= 0.3 is 0 Å². The van der Waals surface area contributed by atoms with Crippen LogP contribution in [0.4, 0.5) is 0 Å². The Hall–Kier alpha value is -0.696. The van der Waals surface area contributed by atoms with E-state index in [1.807, 2.05) is 0 Å². The smallest absolute Gasteiger partial charge is 0.229 e. The first kappa shape index (κ1) is 19.3. The predicted octanol–water partition coefficient (Wildman–Crippen LogP) is -3.03. The molecule has 0 bridgehead atoms. The molecule has 20 heavy (non-hydrogen) atoms. The van der Waals surface area contributed by atoms with Gasteiger partial charge in [-0.3, -0.25) is 14.4 Å². The van der Waals surface area contributed by atoms with E-state index in [1.165, 1.54) is 0 Å². The van der Waals surface area contributed by atoms with Crippen molar-refractivity contribution in [2.75, 3.05) is 19.6 Å². The molecule has 0 saturated carbocycles. The number of hydrogen-bond acceptors (Lipinski definition) is 6. The van der Waals surface area contributed by atoms with Gasteiger partial charge in [0.2, 0.25) is 11.8 Å². The average molecular weight is 358 g/mol. The number of hydrogen-bond donors (Lipinski definition) is 4. The average Bonchev–Trinajstić information content (AvgIpc) is 2.38. The molecule has 1 aliphatic rings. The number of rotatable bonds is 1. The van der Waals surface area contributed by atoms with Crippen LogP contribution in [-0.2, 0) is 51.9 Å². The van der Waals surface area contributed by atoms with E-state index in [0.29, 0.717) is 0 Å². The van der Waals surface area contributed by atoms with Crippen LogP contribution in [0.3, 0.4) is 0 Å². The third-order valence-corrected chi connectivity index (χ3v) is 2.68. The van der Waals surface area contributed by atoms with Crippen LogP contribution < -0.4 is 21.7 Å². The van der Waals surface area contributed by atoms with Crippen LogP contribution in [0.25, 0.3) is 0 Å². The number of Topliss-reactive ketones (excluding diaryl/α,β-unsaturated/α-hetero) is 1. The van der Waals surface area contributed by atoms with Crippen molar-refractivity contribution in [3.05, 3.63) is 0 Å². The van der Waals surface area contributed by atoms with Crippen LogP contribution in [0.15, 0.2) is 0 Å². The van der Waals surface area contributed by atoms with Gasteiger partial charge in [-0.15, -0.1) is 0 Å². The van der Waals surface area contributed by atoms with Crippen LogP contribution in [-0.4, -0.2) is 55.6 Å². The molecule has 2 atom stereocenters. The van der Waals surface area contributed by atoms with E-state index in [-0.39, 0.29) is 71.0 Å². The third-order valence-electron chi connectivity index (χ3n) is 2.68. The molecule has 2 amide bonds. The minimum atomic E-state index is -0.802. The van der Waals surface area contributed by atoms with Gasteiger partial charge in [-0.05, 0) is 6.42 Å². The Labute approximate surface area is 141 Å². The van der Waals surface area contributed by atoms with E-state index < -0.39 is 23.9 Å². The summed E-state index contributed by atoms with van der Waals surface area (Å²) in [6.07, 6.45) is 1.63. The summed E-state index contributed by atoms with van der Waals surface area (Å²) < 4.78 is 0. The van der Waals surface area contributed by atoms with Crippen molar-refractivity contribution in [2.45, 2.75) is 24.9 Å². The van der Waals surface area contributed by atoms with E-state index in [0.717, 1.165) is 0 Å². The molecule has 0 aromatic carbocycles. The van der Waals surface area contributed by atoms with Crippen LogP contribution in [0.1, 0.15) is 12.8 Å². The number of amides is 2. The molecular formula is C11H17N4O4Y-. The fourth-order valence-corrected chi connectivity index (χ4v) is 1.53. The molecule has 1 aliphatic heterocycles. The quantitative estimate of drug-likeness (QED) is 0.292. The molecular weight excluding hydrogens is 341 g/mol. The van der Waals surface area contributed by atoms with Gasteiger partial charge in [-0.1, -0.05) is 6.04 Å². The maximum Gasteiger partial charge on any atom is 0.229 e. The molecule has 0 aromatic heterocycles. The summed E-state index contributed by atoms with van der Waals surface area (Å²) in [7, 11) is 0. The fraction of sp³-hybridized carbons (Fsp3) is 0.636. The fourth-order valence-electron chi connectivity index (χ4n) is 1.53. The molecule has 1 radical (unpaired) electrons. The van der Waals surface area contributed by atoms with Crippen LogP contribution in [0.5, 0.6) is 0 Å². The van der Waals surface area contributed by atoms with Gasteiger partial charge in [0.25, 0.3) is 0 Å². The molecule has 109 valence electrons. The van der Waals surface area contributed by atoms with Gasteiger partial charge in [0.15, 0.2) is 5.78 Å². The van der Waals surface area contributed by atoms with Crippen molar-refractivity contribution in [1.82, 2.24) is 16.0 Å². The summed E-state index contributed by atoms with van der Waals surface area (Å²) in [5, 5.41) is 7.56. The minimum Gasteiger partial charge on any atom is -0.540 e. The summed E-state index contributed by atoms with van der Waals surface area (Å²) in [5.41, 5.74) is 5.64. The van der Waals surface area contributed by atoms with Crippen molar-refractivity contribution in [2.24, 2.45) is 5.73 Å². The Morgan fingerprint density at radius 2 is 1.80 bits per heavy atom. The SMILES string of the molecule is NC1CCNC(=O)CC(=O)NCC([C-]=O)NCC1=O.[Y]. The zero-order chi connectivity index (χ0) is 14.3. The maximum atomic E-state index is 11.6. The van der Waals surface area contributed by atoms with Gasteiger partial charge in [0, 0.05) is 45.8 Å². The molecule has 0 spiro atoms. The van der Waals surface area contributed by atoms with Crippen LogP contribution in [0, 0.1) is 0 Å². The summed E-state index contributed by atoms with van der Waals surface area (Å²) in [6, 6.07) is -1.52. The largest absolute Gasteiger partial charge is 0.540 e. The van der Waals surface area contributed by atoms with E-state index >= 15 is 0 Å². The van der Waals surface area contributed by atoms with Gasteiger partial charge in [0.1, 0.15) is 6.42 Å². The molecule has 5 N–H and O–H groups in total. The first-order chi connectivity index (χ1) is 9.02. The Morgan fingerprint density at radius 3 is 2.45 bits per heavy atom. The molecule has 1 heterocycles. The molecule has 1 saturated heterocycles. The van der Waals surface area contributed by atoms with Crippen molar-refractivity contribution >= 4 is 23.9 Å². The zero-order valence-electron chi connectivity index (χ0n) is 11.0. The van der Waals surface area contributed by atoms with Gasteiger partial charge in [-0.2, -0.15) is 0 Å². The second-order valence-electron chi connectivity index (χ2n) is 4.24. The molecule has 0 aromatic rings. The molecule has 8 nitrogen and oxygen atoms in total. The first-order valence-corrected chi connectivity index (χ1v) is 5.95. The summed E-state index contributed by atoms with van der Waals surface area (Å²) >= 11 is 0. The second kappa shape index (κ2) is 10.1. The molecule has 0 aliphatic carbocycles. The Kier molecular flexibility index (Phi) is 9.74. The van der Waals surface area contributed by atoms with E-state index in [2.05, 4.69) is 16.0 Å². The topological polar surface area (TPSA) is 130 Å². The minimum absolute atomic E-state index is 0. The van der Waals surface area contributed by atoms with Gasteiger partial charge in [0.05, 0.1) is 12.6 Å². The first-order valence-electron chi connectivity index (χ1n) is 5.95. The summed E-state index contributed by atoms with van der Waals surface area (Å²) in [6.45, 7) is 0.116. The van der Waals surface area contributed by atoms with Crippen LogP contribution in [0.2, 0.25) is 0 Å². The van der Waals surface area contributed by atoms with Gasteiger partial charge < -0.3 is 26.5 Å². The maximum absolute atomic E-state index is 11.6. The van der Waals surface area contributed by atoms with Crippen molar-refractivity contribution in [1.29, 1.82) is 0 Å². The summed E-state index contributed by atoms with van der Waals surface area (Å²) in [4.78, 5) is 45.0. The third kappa shape index (κ3) is 7.18. The Balaban J connectivity index is 0.00000361.